The molecule has 134 valence electrons. The van der Waals surface area contributed by atoms with Crippen LogP contribution in [0.5, 0.6) is 5.75 Å². The molecule has 1 heterocycles. The highest BCUT2D eigenvalue weighted by atomic mass is 19.1. The van der Waals surface area contributed by atoms with E-state index in [2.05, 4.69) is 20.6 Å². The summed E-state index contributed by atoms with van der Waals surface area (Å²) in [4.78, 5) is 8.88. The lowest BCUT2D eigenvalue weighted by molar-refractivity contribution is 0.410. The van der Waals surface area contributed by atoms with Gasteiger partial charge in [0.25, 0.3) is 0 Å². The van der Waals surface area contributed by atoms with Gasteiger partial charge in [0.2, 0.25) is 5.95 Å². The van der Waals surface area contributed by atoms with Gasteiger partial charge in [-0.2, -0.15) is 4.98 Å². The van der Waals surface area contributed by atoms with Gasteiger partial charge >= 0.3 is 0 Å². The highest BCUT2D eigenvalue weighted by Crippen LogP contribution is 2.19. The topological polar surface area (TPSA) is 59.1 Å². The van der Waals surface area contributed by atoms with Gasteiger partial charge in [-0.3, -0.25) is 0 Å². The standard InChI is InChI=1S/C20H21FN4O/c1-14-11-19(22-13-16-5-3-4-6-18(16)26-2)25-20(24-14)23-12-15-7-9-17(21)10-8-15/h3-11H,12-13H2,1-2H3,(H2,22,23,24,25). The third-order valence-electron chi connectivity index (χ3n) is 3.87. The number of halogens is 1. The molecule has 0 amide bonds. The molecular formula is C20H21FN4O. The summed E-state index contributed by atoms with van der Waals surface area (Å²) in [6.07, 6.45) is 0. The molecule has 2 N–H and O–H groups in total. The van der Waals surface area contributed by atoms with Gasteiger partial charge < -0.3 is 15.4 Å². The SMILES string of the molecule is COc1ccccc1CNc1cc(C)nc(NCc2ccc(F)cc2)n1. The molecule has 5 nitrogen and oxygen atoms in total. The molecule has 0 unspecified atom stereocenters. The van der Waals surface area contributed by atoms with Crippen molar-refractivity contribution in [3.63, 3.8) is 0 Å². The molecular weight excluding hydrogens is 331 g/mol. The minimum absolute atomic E-state index is 0.247. The third kappa shape index (κ3) is 4.69. The average molecular weight is 352 g/mol. The van der Waals surface area contributed by atoms with E-state index in [9.17, 15) is 4.39 Å². The van der Waals surface area contributed by atoms with Crippen molar-refractivity contribution < 1.29 is 9.13 Å². The van der Waals surface area contributed by atoms with Crippen molar-refractivity contribution in [1.82, 2.24) is 9.97 Å². The van der Waals surface area contributed by atoms with Crippen LogP contribution in [0, 0.1) is 12.7 Å². The number of anilines is 2. The zero-order valence-electron chi connectivity index (χ0n) is 14.8. The number of nitrogens with one attached hydrogen (secondary N) is 2. The Kier molecular flexibility index (Phi) is 5.63. The number of hydrogen-bond donors (Lipinski definition) is 2. The molecule has 0 spiro atoms. The summed E-state index contributed by atoms with van der Waals surface area (Å²) in [7, 11) is 1.66. The van der Waals surface area contributed by atoms with Gasteiger partial charge in [-0.25, -0.2) is 9.37 Å². The van der Waals surface area contributed by atoms with E-state index in [4.69, 9.17) is 4.74 Å². The molecule has 2 aromatic carbocycles. The Bertz CT molecular complexity index is 868. The Hall–Kier alpha value is -3.15. The fraction of sp³-hybridized carbons (Fsp3) is 0.200. The molecule has 0 saturated carbocycles. The normalized spacial score (nSPS) is 10.4. The number of aromatic nitrogens is 2. The lowest BCUT2D eigenvalue weighted by Gasteiger charge is -2.12. The first-order chi connectivity index (χ1) is 12.6. The molecule has 0 bridgehead atoms. The quantitative estimate of drug-likeness (QED) is 0.669. The summed E-state index contributed by atoms with van der Waals surface area (Å²) in [5, 5.41) is 6.47. The number of nitrogens with zero attached hydrogens (tertiary/aromatic N) is 2. The second kappa shape index (κ2) is 8.29. The van der Waals surface area contributed by atoms with Crippen molar-refractivity contribution in [2.24, 2.45) is 0 Å². The molecule has 0 aliphatic carbocycles. The largest absolute Gasteiger partial charge is 0.496 e. The second-order valence-electron chi connectivity index (χ2n) is 5.86. The van der Waals surface area contributed by atoms with E-state index in [0.29, 0.717) is 19.0 Å². The van der Waals surface area contributed by atoms with Crippen LogP contribution in [-0.2, 0) is 13.1 Å². The molecule has 6 heteroatoms. The predicted octanol–water partition coefficient (Wildman–Crippen LogP) is 4.16. The number of ether oxygens (including phenoxy) is 1. The van der Waals surface area contributed by atoms with Crippen molar-refractivity contribution in [3.05, 3.63) is 77.2 Å². The molecule has 0 radical (unpaired) electrons. The Balaban J connectivity index is 1.66. The first-order valence-corrected chi connectivity index (χ1v) is 8.34. The minimum atomic E-state index is -0.247. The number of aryl methyl sites for hydroxylation is 1. The second-order valence-corrected chi connectivity index (χ2v) is 5.86. The minimum Gasteiger partial charge on any atom is -0.496 e. The molecule has 0 aliphatic heterocycles. The van der Waals surface area contributed by atoms with E-state index < -0.39 is 0 Å². The van der Waals surface area contributed by atoms with Crippen LogP contribution in [-0.4, -0.2) is 17.1 Å². The first-order valence-electron chi connectivity index (χ1n) is 8.34. The zero-order chi connectivity index (χ0) is 18.4. The van der Waals surface area contributed by atoms with Crippen LogP contribution in [0.4, 0.5) is 16.2 Å². The van der Waals surface area contributed by atoms with Gasteiger partial charge in [0, 0.05) is 30.4 Å². The van der Waals surface area contributed by atoms with Crippen LogP contribution in [0.15, 0.2) is 54.6 Å². The van der Waals surface area contributed by atoms with Crippen LogP contribution in [0.25, 0.3) is 0 Å². The van der Waals surface area contributed by atoms with E-state index in [1.807, 2.05) is 37.3 Å². The number of hydrogen-bond acceptors (Lipinski definition) is 5. The summed E-state index contributed by atoms with van der Waals surface area (Å²) in [6.45, 7) is 3.03. The average Bonchev–Trinajstić information content (AvgIpc) is 2.66. The van der Waals surface area contributed by atoms with Crippen LogP contribution < -0.4 is 15.4 Å². The maximum absolute atomic E-state index is 13.0. The number of benzene rings is 2. The van der Waals surface area contributed by atoms with Gasteiger partial charge in [-0.1, -0.05) is 30.3 Å². The Labute approximate surface area is 152 Å². The molecule has 3 aromatic rings. The third-order valence-corrected chi connectivity index (χ3v) is 3.87. The summed E-state index contributed by atoms with van der Waals surface area (Å²) in [5.41, 5.74) is 2.86. The summed E-state index contributed by atoms with van der Waals surface area (Å²) < 4.78 is 18.3. The number of methoxy groups -OCH3 is 1. The molecule has 0 saturated heterocycles. The van der Waals surface area contributed by atoms with Crippen LogP contribution >= 0.6 is 0 Å². The fourth-order valence-corrected chi connectivity index (χ4v) is 2.56. The van der Waals surface area contributed by atoms with Crippen LogP contribution in [0.1, 0.15) is 16.8 Å². The van der Waals surface area contributed by atoms with Crippen LogP contribution in [0.3, 0.4) is 0 Å². The lowest BCUT2D eigenvalue weighted by Crippen LogP contribution is -2.08. The van der Waals surface area contributed by atoms with Crippen molar-refractivity contribution >= 4 is 11.8 Å². The zero-order valence-corrected chi connectivity index (χ0v) is 14.8. The van der Waals surface area contributed by atoms with E-state index in [1.165, 1.54) is 12.1 Å². The van der Waals surface area contributed by atoms with Gasteiger partial charge in [0.05, 0.1) is 7.11 Å². The maximum atomic E-state index is 13.0. The van der Waals surface area contributed by atoms with Crippen molar-refractivity contribution in [2.75, 3.05) is 17.7 Å². The Morgan fingerprint density at radius 1 is 0.962 bits per heavy atom. The fourth-order valence-electron chi connectivity index (χ4n) is 2.56. The maximum Gasteiger partial charge on any atom is 0.225 e. The molecule has 0 atom stereocenters. The first kappa shape index (κ1) is 17.7. The highest BCUT2D eigenvalue weighted by molar-refractivity contribution is 5.44. The molecule has 0 aliphatic rings. The predicted molar refractivity (Wildman–Crippen MR) is 101 cm³/mol. The number of rotatable bonds is 7. The van der Waals surface area contributed by atoms with Gasteiger partial charge in [-0.15, -0.1) is 0 Å². The monoisotopic (exact) mass is 352 g/mol. The molecule has 26 heavy (non-hydrogen) atoms. The van der Waals surface area contributed by atoms with Gasteiger partial charge in [0.1, 0.15) is 17.4 Å². The van der Waals surface area contributed by atoms with Gasteiger partial charge in [-0.05, 0) is 30.7 Å². The lowest BCUT2D eigenvalue weighted by atomic mass is 10.2. The Morgan fingerprint density at radius 3 is 2.50 bits per heavy atom. The highest BCUT2D eigenvalue weighted by Gasteiger charge is 2.05. The summed E-state index contributed by atoms with van der Waals surface area (Å²) >= 11 is 0. The van der Waals surface area contributed by atoms with Crippen molar-refractivity contribution in [3.8, 4) is 5.75 Å². The Morgan fingerprint density at radius 2 is 1.73 bits per heavy atom. The van der Waals surface area contributed by atoms with Crippen molar-refractivity contribution in [2.45, 2.75) is 20.0 Å². The molecule has 3 rings (SSSR count). The van der Waals surface area contributed by atoms with Crippen LogP contribution in [0.2, 0.25) is 0 Å². The van der Waals surface area contributed by atoms with E-state index >= 15 is 0 Å². The van der Waals surface area contributed by atoms with E-state index in [1.54, 1.807) is 19.2 Å². The van der Waals surface area contributed by atoms with E-state index in [0.717, 1.165) is 28.4 Å². The van der Waals surface area contributed by atoms with Gasteiger partial charge in [0.15, 0.2) is 0 Å². The van der Waals surface area contributed by atoms with Crippen molar-refractivity contribution in [1.29, 1.82) is 0 Å². The smallest absolute Gasteiger partial charge is 0.225 e. The summed E-state index contributed by atoms with van der Waals surface area (Å²) in [6, 6.07) is 16.1. The van der Waals surface area contributed by atoms with E-state index in [-0.39, 0.29) is 5.82 Å². The number of para-hydroxylation sites is 1. The molecule has 0 fully saturated rings. The molecule has 1 aromatic heterocycles. The summed E-state index contributed by atoms with van der Waals surface area (Å²) in [5.74, 6) is 1.84.